The number of hydrogen-bond donors (Lipinski definition) is 1. The first-order valence-corrected chi connectivity index (χ1v) is 7.89. The van der Waals surface area contributed by atoms with Crippen LogP contribution in [0.1, 0.15) is 17.8 Å². The van der Waals surface area contributed by atoms with Crippen LogP contribution in [-0.2, 0) is 0 Å². The van der Waals surface area contributed by atoms with E-state index in [2.05, 4.69) is 59.0 Å². The second-order valence-corrected chi connectivity index (χ2v) is 6.17. The Labute approximate surface area is 120 Å². The molecule has 0 fully saturated rings. The van der Waals surface area contributed by atoms with Gasteiger partial charge in [0.2, 0.25) is 0 Å². The Hall–Kier alpha value is -1.65. The van der Waals surface area contributed by atoms with Gasteiger partial charge < -0.3 is 5.32 Å². The quantitative estimate of drug-likeness (QED) is 0.726. The van der Waals surface area contributed by atoms with Gasteiger partial charge in [0.25, 0.3) is 0 Å². The minimum Gasteiger partial charge on any atom is -0.378 e. The summed E-state index contributed by atoms with van der Waals surface area (Å²) in [5.41, 5.74) is 2.30. The van der Waals surface area contributed by atoms with Gasteiger partial charge in [0, 0.05) is 27.7 Å². The van der Waals surface area contributed by atoms with Crippen molar-refractivity contribution in [3.05, 3.63) is 58.2 Å². The Morgan fingerprint density at radius 3 is 2.79 bits per heavy atom. The lowest BCUT2D eigenvalue weighted by atomic mass is 10.2. The number of thiophene rings is 1. The third-order valence-corrected chi connectivity index (χ3v) is 4.77. The molecule has 4 heteroatoms. The molecule has 0 saturated heterocycles. The van der Waals surface area contributed by atoms with Crippen LogP contribution in [0.15, 0.2) is 53.4 Å². The zero-order valence-corrected chi connectivity index (χ0v) is 12.2. The molecular formula is C15H14N2S2. The summed E-state index contributed by atoms with van der Waals surface area (Å²) in [4.78, 5) is 5.70. The van der Waals surface area contributed by atoms with Crippen molar-refractivity contribution in [1.29, 1.82) is 0 Å². The van der Waals surface area contributed by atoms with Crippen LogP contribution in [-0.4, -0.2) is 4.98 Å². The van der Waals surface area contributed by atoms with Gasteiger partial charge in [-0.25, -0.2) is 4.98 Å². The summed E-state index contributed by atoms with van der Waals surface area (Å²) in [6, 6.07) is 13.0. The van der Waals surface area contributed by atoms with E-state index < -0.39 is 0 Å². The van der Waals surface area contributed by atoms with Gasteiger partial charge in [-0.15, -0.1) is 22.7 Å². The van der Waals surface area contributed by atoms with Crippen molar-refractivity contribution in [1.82, 2.24) is 4.98 Å². The van der Waals surface area contributed by atoms with Gasteiger partial charge in [-0.3, -0.25) is 0 Å². The smallest absolute Gasteiger partial charge is 0.123 e. The van der Waals surface area contributed by atoms with E-state index in [1.807, 2.05) is 11.6 Å². The molecule has 96 valence electrons. The van der Waals surface area contributed by atoms with E-state index in [1.165, 1.54) is 10.4 Å². The van der Waals surface area contributed by atoms with E-state index in [4.69, 9.17) is 0 Å². The molecule has 3 aromatic rings. The maximum Gasteiger partial charge on any atom is 0.123 e. The van der Waals surface area contributed by atoms with Gasteiger partial charge in [0.15, 0.2) is 0 Å². The molecule has 0 radical (unpaired) electrons. The van der Waals surface area contributed by atoms with Crippen LogP contribution < -0.4 is 5.32 Å². The molecule has 1 aromatic carbocycles. The van der Waals surface area contributed by atoms with Gasteiger partial charge in [-0.2, -0.15) is 0 Å². The molecule has 0 aliphatic rings. The molecule has 0 spiro atoms. The molecule has 0 aliphatic carbocycles. The molecule has 1 unspecified atom stereocenters. The van der Waals surface area contributed by atoms with Crippen molar-refractivity contribution in [3.63, 3.8) is 0 Å². The lowest BCUT2D eigenvalue weighted by Crippen LogP contribution is -2.04. The van der Waals surface area contributed by atoms with E-state index in [0.717, 1.165) is 10.7 Å². The van der Waals surface area contributed by atoms with Gasteiger partial charge in [0.05, 0.1) is 6.04 Å². The minimum atomic E-state index is 0.326. The molecule has 2 heterocycles. The molecule has 1 N–H and O–H groups in total. The average molecular weight is 286 g/mol. The normalized spacial score (nSPS) is 12.3. The molecule has 0 saturated carbocycles. The van der Waals surface area contributed by atoms with E-state index in [-0.39, 0.29) is 0 Å². The number of benzene rings is 1. The van der Waals surface area contributed by atoms with Crippen LogP contribution in [0.25, 0.3) is 10.6 Å². The first kappa shape index (κ1) is 12.4. The largest absolute Gasteiger partial charge is 0.378 e. The average Bonchev–Trinajstić information content (AvgIpc) is 3.13. The van der Waals surface area contributed by atoms with Gasteiger partial charge in [0.1, 0.15) is 5.01 Å². The molecule has 2 nitrogen and oxygen atoms in total. The van der Waals surface area contributed by atoms with Crippen molar-refractivity contribution in [2.45, 2.75) is 13.0 Å². The number of rotatable bonds is 4. The first-order chi connectivity index (χ1) is 9.33. The second-order valence-electron chi connectivity index (χ2n) is 4.30. The first-order valence-electron chi connectivity index (χ1n) is 6.13. The highest BCUT2D eigenvalue weighted by Crippen LogP contribution is 2.27. The lowest BCUT2D eigenvalue weighted by molar-refractivity contribution is 0.908. The van der Waals surface area contributed by atoms with Gasteiger partial charge >= 0.3 is 0 Å². The number of thiazole rings is 1. The predicted octanol–water partition coefficient (Wildman–Crippen LogP) is 5.04. The molecule has 2 aromatic heterocycles. The van der Waals surface area contributed by atoms with Crippen LogP contribution in [0.3, 0.4) is 0 Å². The Kier molecular flexibility index (Phi) is 3.62. The Morgan fingerprint density at radius 2 is 2.05 bits per heavy atom. The maximum atomic E-state index is 4.35. The minimum absolute atomic E-state index is 0.326. The molecule has 19 heavy (non-hydrogen) atoms. The standard InChI is InChI=1S/C15H14N2S2/c1-11(14-6-3-8-18-14)17-13-5-2-4-12(10-13)15-16-7-9-19-15/h2-11,17H,1H3. The summed E-state index contributed by atoms with van der Waals surface area (Å²) < 4.78 is 0. The third kappa shape index (κ3) is 2.85. The number of hydrogen-bond acceptors (Lipinski definition) is 4. The van der Waals surface area contributed by atoms with Crippen molar-refractivity contribution in [2.24, 2.45) is 0 Å². The highest BCUT2D eigenvalue weighted by Gasteiger charge is 2.07. The van der Waals surface area contributed by atoms with Crippen LogP contribution in [0.5, 0.6) is 0 Å². The summed E-state index contributed by atoms with van der Waals surface area (Å²) in [5.74, 6) is 0. The summed E-state index contributed by atoms with van der Waals surface area (Å²) >= 11 is 3.44. The number of nitrogens with zero attached hydrogens (tertiary/aromatic N) is 1. The molecule has 0 aliphatic heterocycles. The molecular weight excluding hydrogens is 272 g/mol. The van der Waals surface area contributed by atoms with Gasteiger partial charge in [-0.05, 0) is 30.5 Å². The van der Waals surface area contributed by atoms with Crippen molar-refractivity contribution >= 4 is 28.4 Å². The number of aromatic nitrogens is 1. The van der Waals surface area contributed by atoms with E-state index >= 15 is 0 Å². The fourth-order valence-electron chi connectivity index (χ4n) is 1.97. The van der Waals surface area contributed by atoms with Crippen molar-refractivity contribution in [3.8, 4) is 10.6 Å². The van der Waals surface area contributed by atoms with E-state index in [0.29, 0.717) is 6.04 Å². The van der Waals surface area contributed by atoms with Crippen LogP contribution in [0, 0.1) is 0 Å². The summed E-state index contributed by atoms with van der Waals surface area (Å²) in [6.45, 7) is 2.18. The molecule has 0 bridgehead atoms. The summed E-state index contributed by atoms with van der Waals surface area (Å²) in [5, 5.41) is 8.71. The highest BCUT2D eigenvalue weighted by atomic mass is 32.1. The Bertz CT molecular complexity index is 630. The summed E-state index contributed by atoms with van der Waals surface area (Å²) in [6.07, 6.45) is 1.84. The molecule has 3 rings (SSSR count). The number of nitrogens with one attached hydrogen (secondary N) is 1. The topological polar surface area (TPSA) is 24.9 Å². The summed E-state index contributed by atoms with van der Waals surface area (Å²) in [7, 11) is 0. The van der Waals surface area contributed by atoms with Gasteiger partial charge in [-0.1, -0.05) is 18.2 Å². The third-order valence-electron chi connectivity index (χ3n) is 2.89. The van der Waals surface area contributed by atoms with E-state index in [1.54, 1.807) is 22.7 Å². The zero-order valence-electron chi connectivity index (χ0n) is 10.5. The van der Waals surface area contributed by atoms with E-state index in [9.17, 15) is 0 Å². The molecule has 0 amide bonds. The SMILES string of the molecule is CC(Nc1cccc(-c2nccs2)c1)c1cccs1. The van der Waals surface area contributed by atoms with Crippen molar-refractivity contribution < 1.29 is 0 Å². The van der Waals surface area contributed by atoms with Crippen molar-refractivity contribution in [2.75, 3.05) is 5.32 Å². The highest BCUT2D eigenvalue weighted by molar-refractivity contribution is 7.13. The Morgan fingerprint density at radius 1 is 1.11 bits per heavy atom. The number of anilines is 1. The molecule has 1 atom stereocenters. The fraction of sp³-hybridized carbons (Fsp3) is 0.133. The van der Waals surface area contributed by atoms with Crippen LogP contribution in [0.2, 0.25) is 0 Å². The van der Waals surface area contributed by atoms with Crippen LogP contribution >= 0.6 is 22.7 Å². The maximum absolute atomic E-state index is 4.35. The van der Waals surface area contributed by atoms with Crippen LogP contribution in [0.4, 0.5) is 5.69 Å². The fourth-order valence-corrected chi connectivity index (χ4v) is 3.34. The monoisotopic (exact) mass is 286 g/mol. The zero-order chi connectivity index (χ0) is 13.1. The second kappa shape index (κ2) is 5.55. The lowest BCUT2D eigenvalue weighted by Gasteiger charge is -2.14. The predicted molar refractivity (Wildman–Crippen MR) is 83.9 cm³/mol. The Balaban J connectivity index is 1.80.